The van der Waals surface area contributed by atoms with Crippen molar-refractivity contribution >= 4 is 5.91 Å². The van der Waals surface area contributed by atoms with Gasteiger partial charge in [0.2, 0.25) is 0 Å². The normalized spacial score (nSPS) is 18.3. The molecule has 0 radical (unpaired) electrons. The van der Waals surface area contributed by atoms with E-state index in [0.717, 1.165) is 48.9 Å². The van der Waals surface area contributed by atoms with Crippen LogP contribution in [-0.4, -0.2) is 40.1 Å². The summed E-state index contributed by atoms with van der Waals surface area (Å²) in [6.45, 7) is 1.18. The van der Waals surface area contributed by atoms with Gasteiger partial charge in [-0.1, -0.05) is 30.3 Å². The molecule has 1 aliphatic heterocycles. The van der Waals surface area contributed by atoms with Crippen LogP contribution in [0, 0.1) is 5.92 Å². The molecule has 5 nitrogen and oxygen atoms in total. The number of likely N-dealkylation sites (tertiary alicyclic amines) is 1. The highest BCUT2D eigenvalue weighted by Gasteiger charge is 2.29. The summed E-state index contributed by atoms with van der Waals surface area (Å²) in [7, 11) is 0. The number of nitrogens with zero attached hydrogens (tertiary/aromatic N) is 1. The van der Waals surface area contributed by atoms with Crippen molar-refractivity contribution in [3.05, 3.63) is 69.1 Å². The Labute approximate surface area is 159 Å². The number of hydrogen-bond donors (Lipinski definition) is 2. The summed E-state index contributed by atoms with van der Waals surface area (Å²) >= 11 is 0. The van der Waals surface area contributed by atoms with E-state index < -0.39 is 6.10 Å². The van der Waals surface area contributed by atoms with Gasteiger partial charge in [-0.2, -0.15) is 0 Å². The standard InChI is InChI=1S/C22H26N2O3/c25-20(13-15-5-2-1-3-6-15)16-9-11-24(12-10-16)22(27)18-14-17-7-4-8-19(17)23-21(18)26/h1-3,5-6,14,16,20,25H,4,7-13H2,(H,23,26). The maximum atomic E-state index is 12.8. The van der Waals surface area contributed by atoms with Crippen LogP contribution in [0.4, 0.5) is 0 Å². The Morgan fingerprint density at radius 3 is 2.67 bits per heavy atom. The molecular weight excluding hydrogens is 340 g/mol. The molecular formula is C22H26N2O3. The first-order chi connectivity index (χ1) is 13.1. The van der Waals surface area contributed by atoms with Crippen LogP contribution < -0.4 is 5.56 Å². The molecule has 2 N–H and O–H groups in total. The largest absolute Gasteiger partial charge is 0.392 e. The van der Waals surface area contributed by atoms with Gasteiger partial charge in [0.1, 0.15) is 5.56 Å². The minimum atomic E-state index is -0.395. The van der Waals surface area contributed by atoms with Gasteiger partial charge in [-0.3, -0.25) is 9.59 Å². The minimum absolute atomic E-state index is 0.179. The van der Waals surface area contributed by atoms with Crippen molar-refractivity contribution in [2.45, 2.75) is 44.6 Å². The number of piperidine rings is 1. The monoisotopic (exact) mass is 366 g/mol. The molecule has 27 heavy (non-hydrogen) atoms. The Kier molecular flexibility index (Phi) is 5.12. The van der Waals surface area contributed by atoms with E-state index in [-0.39, 0.29) is 22.9 Å². The zero-order valence-electron chi connectivity index (χ0n) is 15.5. The summed E-state index contributed by atoms with van der Waals surface area (Å²) in [6.07, 6.45) is 4.64. The summed E-state index contributed by atoms with van der Waals surface area (Å²) in [5, 5.41) is 10.6. The summed E-state index contributed by atoms with van der Waals surface area (Å²) in [5.74, 6) is 0.00881. The van der Waals surface area contributed by atoms with Gasteiger partial charge in [0.05, 0.1) is 6.10 Å². The summed E-state index contributed by atoms with van der Waals surface area (Å²) in [6, 6.07) is 11.8. The van der Waals surface area contributed by atoms with Crippen LogP contribution in [0.15, 0.2) is 41.2 Å². The van der Waals surface area contributed by atoms with Crippen LogP contribution in [0.2, 0.25) is 0 Å². The number of aryl methyl sites for hydroxylation is 2. The van der Waals surface area contributed by atoms with E-state index in [9.17, 15) is 14.7 Å². The van der Waals surface area contributed by atoms with Crippen LogP contribution in [0.25, 0.3) is 0 Å². The molecule has 1 saturated heterocycles. The van der Waals surface area contributed by atoms with Gasteiger partial charge < -0.3 is 15.0 Å². The summed E-state index contributed by atoms with van der Waals surface area (Å²) in [5.41, 5.74) is 3.21. The number of H-pyrrole nitrogens is 1. The van der Waals surface area contributed by atoms with Crippen LogP contribution in [0.1, 0.15) is 46.4 Å². The van der Waals surface area contributed by atoms with E-state index >= 15 is 0 Å². The second-order valence-corrected chi connectivity index (χ2v) is 7.76. The number of rotatable bonds is 4. The lowest BCUT2D eigenvalue weighted by atomic mass is 9.87. The van der Waals surface area contributed by atoms with Gasteiger partial charge in [-0.15, -0.1) is 0 Å². The number of fused-ring (bicyclic) bond motifs is 1. The maximum Gasteiger partial charge on any atom is 0.261 e. The van der Waals surface area contributed by atoms with Crippen molar-refractivity contribution in [2.24, 2.45) is 5.92 Å². The van der Waals surface area contributed by atoms with E-state index in [1.54, 1.807) is 11.0 Å². The molecule has 5 heteroatoms. The third kappa shape index (κ3) is 3.83. The molecule has 1 atom stereocenters. The maximum absolute atomic E-state index is 12.8. The molecule has 2 heterocycles. The molecule has 0 spiro atoms. The number of nitrogens with one attached hydrogen (secondary N) is 1. The van der Waals surface area contributed by atoms with Crippen molar-refractivity contribution in [2.75, 3.05) is 13.1 Å². The van der Waals surface area contributed by atoms with Crippen LogP contribution >= 0.6 is 0 Å². The first-order valence-electron chi connectivity index (χ1n) is 9.88. The Hall–Kier alpha value is -2.40. The minimum Gasteiger partial charge on any atom is -0.392 e. The van der Waals surface area contributed by atoms with Gasteiger partial charge in [-0.25, -0.2) is 0 Å². The second kappa shape index (κ2) is 7.69. The Morgan fingerprint density at radius 2 is 1.93 bits per heavy atom. The van der Waals surface area contributed by atoms with E-state index in [1.807, 2.05) is 30.3 Å². The fourth-order valence-electron chi connectivity index (χ4n) is 4.35. The number of aliphatic hydroxyl groups is 1. The lowest BCUT2D eigenvalue weighted by molar-refractivity contribution is 0.0466. The number of amides is 1. The Balaban J connectivity index is 1.38. The van der Waals surface area contributed by atoms with Gasteiger partial charge in [0, 0.05) is 18.8 Å². The van der Waals surface area contributed by atoms with Crippen LogP contribution in [0.5, 0.6) is 0 Å². The first kappa shape index (κ1) is 18.0. The zero-order chi connectivity index (χ0) is 18.8. The topological polar surface area (TPSA) is 73.4 Å². The molecule has 0 bridgehead atoms. The average Bonchev–Trinajstić information content (AvgIpc) is 3.15. The van der Waals surface area contributed by atoms with Crippen molar-refractivity contribution < 1.29 is 9.90 Å². The second-order valence-electron chi connectivity index (χ2n) is 7.76. The molecule has 1 aromatic heterocycles. The van der Waals surface area contributed by atoms with E-state index in [0.29, 0.717) is 19.5 Å². The third-order valence-corrected chi connectivity index (χ3v) is 5.98. The number of carbonyl (C=O) groups is 1. The summed E-state index contributed by atoms with van der Waals surface area (Å²) in [4.78, 5) is 29.8. The molecule has 4 rings (SSSR count). The first-order valence-corrected chi connectivity index (χ1v) is 9.88. The molecule has 2 aromatic rings. The number of aromatic amines is 1. The van der Waals surface area contributed by atoms with Crippen LogP contribution in [0.3, 0.4) is 0 Å². The smallest absolute Gasteiger partial charge is 0.261 e. The van der Waals surface area contributed by atoms with Crippen molar-refractivity contribution in [3.63, 3.8) is 0 Å². The van der Waals surface area contributed by atoms with Gasteiger partial charge >= 0.3 is 0 Å². The fourth-order valence-corrected chi connectivity index (χ4v) is 4.35. The predicted molar refractivity (Wildman–Crippen MR) is 104 cm³/mol. The number of benzene rings is 1. The molecule has 142 valence electrons. The van der Waals surface area contributed by atoms with Crippen molar-refractivity contribution in [3.8, 4) is 0 Å². The van der Waals surface area contributed by atoms with E-state index in [1.165, 1.54) is 0 Å². The number of carbonyl (C=O) groups excluding carboxylic acids is 1. The van der Waals surface area contributed by atoms with Gasteiger partial charge in [0.15, 0.2) is 0 Å². The number of aromatic nitrogens is 1. The molecule has 2 aliphatic rings. The highest BCUT2D eigenvalue weighted by molar-refractivity contribution is 5.94. The highest BCUT2D eigenvalue weighted by Crippen LogP contribution is 2.25. The molecule has 1 aromatic carbocycles. The molecule has 0 saturated carbocycles. The Bertz CT molecular complexity index is 867. The molecule has 1 fully saturated rings. The molecule has 1 aliphatic carbocycles. The highest BCUT2D eigenvalue weighted by atomic mass is 16.3. The van der Waals surface area contributed by atoms with E-state index in [2.05, 4.69) is 4.98 Å². The van der Waals surface area contributed by atoms with Crippen LogP contribution in [-0.2, 0) is 19.3 Å². The molecule has 1 amide bonds. The average molecular weight is 366 g/mol. The zero-order valence-corrected chi connectivity index (χ0v) is 15.5. The predicted octanol–water partition coefficient (Wildman–Crippen LogP) is 2.32. The molecule has 1 unspecified atom stereocenters. The summed E-state index contributed by atoms with van der Waals surface area (Å²) < 4.78 is 0. The Morgan fingerprint density at radius 1 is 1.19 bits per heavy atom. The quantitative estimate of drug-likeness (QED) is 0.872. The fraction of sp³-hybridized carbons (Fsp3) is 0.455. The van der Waals surface area contributed by atoms with Gasteiger partial charge in [-0.05, 0) is 61.6 Å². The SMILES string of the molecule is O=C(c1cc2c([nH]c1=O)CCC2)N1CCC(C(O)Cc2ccccc2)CC1. The number of hydrogen-bond acceptors (Lipinski definition) is 3. The number of pyridine rings is 1. The van der Waals surface area contributed by atoms with Crippen molar-refractivity contribution in [1.29, 1.82) is 0 Å². The lowest BCUT2D eigenvalue weighted by Crippen LogP contribution is -2.43. The van der Waals surface area contributed by atoms with Crippen molar-refractivity contribution in [1.82, 2.24) is 9.88 Å². The third-order valence-electron chi connectivity index (χ3n) is 5.98. The number of aliphatic hydroxyl groups excluding tert-OH is 1. The lowest BCUT2D eigenvalue weighted by Gasteiger charge is -2.34. The van der Waals surface area contributed by atoms with E-state index in [4.69, 9.17) is 0 Å². The van der Waals surface area contributed by atoms with Gasteiger partial charge in [0.25, 0.3) is 11.5 Å².